The van der Waals surface area contributed by atoms with Crippen LogP contribution in [0.2, 0.25) is 0 Å². The van der Waals surface area contributed by atoms with Crippen LogP contribution >= 0.6 is 12.4 Å². The zero-order valence-electron chi connectivity index (χ0n) is 5.79. The Hall–Kier alpha value is 0.140. The summed E-state index contributed by atoms with van der Waals surface area (Å²) in [5, 5.41) is 8.78. The summed E-state index contributed by atoms with van der Waals surface area (Å²) in [5.41, 5.74) is 0. The van der Waals surface area contributed by atoms with Crippen LogP contribution in [0.3, 0.4) is 0 Å². The average Bonchev–Trinajstić information content (AvgIpc) is 1.78. The Bertz CT molecular complexity index is 87.8. The first kappa shape index (κ1) is 10.1. The molecule has 0 amide bonds. The van der Waals surface area contributed by atoms with E-state index in [0.717, 1.165) is 19.6 Å². The predicted octanol–water partition coefficient (Wildman–Crippen LogP) is 0.444. The second-order valence-electron chi connectivity index (χ2n) is 2.46. The van der Waals surface area contributed by atoms with Crippen molar-refractivity contribution in [2.45, 2.75) is 12.5 Å². The molecule has 0 aromatic heterocycles. The molecule has 10 heavy (non-hydrogen) atoms. The molecular formula is C6H13ClFNO. The highest BCUT2D eigenvalue weighted by atomic mass is 35.5. The lowest BCUT2D eigenvalue weighted by Crippen LogP contribution is -2.50. The molecule has 0 aliphatic carbocycles. The normalized spacial score (nSPS) is 19.8. The third-order valence-corrected chi connectivity index (χ3v) is 1.55. The number of β-amino-alcohol motifs (C(OH)–C–C–N with tert-alkyl or cyclic N) is 1. The lowest BCUT2D eigenvalue weighted by atomic mass is 10.1. The molecule has 0 spiro atoms. The highest BCUT2D eigenvalue weighted by Crippen LogP contribution is 2.06. The Morgan fingerprint density at radius 1 is 1.50 bits per heavy atom. The number of hydrogen-bond acceptors (Lipinski definition) is 2. The molecular weight excluding hydrogens is 157 g/mol. The Labute approximate surface area is 66.4 Å². The third kappa shape index (κ3) is 2.82. The molecule has 0 saturated carbocycles. The second kappa shape index (κ2) is 4.88. The van der Waals surface area contributed by atoms with Gasteiger partial charge in [-0.1, -0.05) is 0 Å². The summed E-state index contributed by atoms with van der Waals surface area (Å²) in [7, 11) is 0. The molecule has 1 aliphatic rings. The fourth-order valence-corrected chi connectivity index (χ4v) is 1.01. The zero-order valence-corrected chi connectivity index (χ0v) is 6.61. The van der Waals surface area contributed by atoms with Gasteiger partial charge in [-0.15, -0.1) is 12.4 Å². The molecule has 4 heteroatoms. The molecule has 0 aromatic rings. The van der Waals surface area contributed by atoms with Gasteiger partial charge in [0.15, 0.2) is 0 Å². The summed E-state index contributed by atoms with van der Waals surface area (Å²) >= 11 is 0. The molecule has 0 bridgehead atoms. The molecule has 0 atom stereocenters. The molecule has 1 aliphatic heterocycles. The molecule has 0 unspecified atom stereocenters. The Balaban J connectivity index is 0.000000810. The van der Waals surface area contributed by atoms with Gasteiger partial charge in [-0.3, -0.25) is 9.29 Å². The molecule has 62 valence electrons. The minimum atomic E-state index is -0.243. The van der Waals surface area contributed by atoms with Crippen molar-refractivity contribution in [3.05, 3.63) is 0 Å². The van der Waals surface area contributed by atoms with E-state index in [1.54, 1.807) is 0 Å². The summed E-state index contributed by atoms with van der Waals surface area (Å²) < 4.78 is 11.5. The number of aliphatic hydroxyl groups is 1. The van der Waals surface area contributed by atoms with Crippen LogP contribution in [0.25, 0.3) is 0 Å². The number of hydrogen-bond donors (Lipinski definition) is 1. The highest BCUT2D eigenvalue weighted by molar-refractivity contribution is 5.85. The van der Waals surface area contributed by atoms with Gasteiger partial charge in [-0.05, 0) is 6.42 Å². The Morgan fingerprint density at radius 3 is 2.50 bits per heavy atom. The van der Waals surface area contributed by atoms with Crippen molar-refractivity contribution in [3.63, 3.8) is 0 Å². The van der Waals surface area contributed by atoms with Crippen LogP contribution in [0.4, 0.5) is 4.39 Å². The standard InChI is InChI=1S/C6H12FNO.ClH/c7-2-1-3-8-4-6(9)5-8;/h6,9H,1-5H2;1H. The van der Waals surface area contributed by atoms with Crippen LogP contribution in [0.1, 0.15) is 6.42 Å². The molecule has 0 radical (unpaired) electrons. The topological polar surface area (TPSA) is 23.5 Å². The van der Waals surface area contributed by atoms with E-state index in [2.05, 4.69) is 0 Å². The summed E-state index contributed by atoms with van der Waals surface area (Å²) in [5.74, 6) is 0. The van der Waals surface area contributed by atoms with Crippen molar-refractivity contribution < 1.29 is 9.50 Å². The number of nitrogens with zero attached hydrogens (tertiary/aromatic N) is 1. The van der Waals surface area contributed by atoms with E-state index in [0.29, 0.717) is 6.42 Å². The fraction of sp³-hybridized carbons (Fsp3) is 1.00. The van der Waals surface area contributed by atoms with Gasteiger partial charge >= 0.3 is 0 Å². The molecule has 1 saturated heterocycles. The second-order valence-corrected chi connectivity index (χ2v) is 2.46. The van der Waals surface area contributed by atoms with Gasteiger partial charge in [-0.25, -0.2) is 0 Å². The van der Waals surface area contributed by atoms with Crippen molar-refractivity contribution in [3.8, 4) is 0 Å². The largest absolute Gasteiger partial charge is 0.390 e. The zero-order chi connectivity index (χ0) is 6.69. The number of likely N-dealkylation sites (tertiary alicyclic amines) is 1. The first-order valence-corrected chi connectivity index (χ1v) is 3.29. The number of rotatable bonds is 3. The van der Waals surface area contributed by atoms with Gasteiger partial charge < -0.3 is 5.11 Å². The third-order valence-electron chi connectivity index (χ3n) is 1.55. The molecule has 2 nitrogen and oxygen atoms in total. The first-order valence-electron chi connectivity index (χ1n) is 3.29. The molecule has 1 fully saturated rings. The summed E-state index contributed by atoms with van der Waals surface area (Å²) in [6, 6.07) is 0. The number of aliphatic hydroxyl groups excluding tert-OH is 1. The van der Waals surface area contributed by atoms with E-state index in [-0.39, 0.29) is 25.2 Å². The highest BCUT2D eigenvalue weighted by Gasteiger charge is 2.22. The number of alkyl halides is 1. The van der Waals surface area contributed by atoms with Gasteiger partial charge in [0.1, 0.15) is 0 Å². The maximum Gasteiger partial charge on any atom is 0.0906 e. The average molecular weight is 170 g/mol. The van der Waals surface area contributed by atoms with Crippen molar-refractivity contribution >= 4 is 12.4 Å². The van der Waals surface area contributed by atoms with E-state index in [1.165, 1.54) is 0 Å². The number of halogens is 2. The van der Waals surface area contributed by atoms with Gasteiger partial charge in [0, 0.05) is 19.6 Å². The Morgan fingerprint density at radius 2 is 2.10 bits per heavy atom. The SMILES string of the molecule is Cl.OC1CN(CCCF)C1. The van der Waals surface area contributed by atoms with Crippen molar-refractivity contribution in [2.75, 3.05) is 26.3 Å². The van der Waals surface area contributed by atoms with Gasteiger partial charge in [0.25, 0.3) is 0 Å². The maximum absolute atomic E-state index is 11.5. The Kier molecular flexibility index (Phi) is 4.95. The van der Waals surface area contributed by atoms with E-state index in [1.807, 2.05) is 4.90 Å². The van der Waals surface area contributed by atoms with Crippen molar-refractivity contribution in [1.29, 1.82) is 0 Å². The van der Waals surface area contributed by atoms with Crippen LogP contribution in [0.15, 0.2) is 0 Å². The molecule has 1 N–H and O–H groups in total. The summed E-state index contributed by atoms with van der Waals surface area (Å²) in [6.07, 6.45) is 0.455. The fourth-order valence-electron chi connectivity index (χ4n) is 1.01. The maximum atomic E-state index is 11.5. The minimum absolute atomic E-state index is 0. The van der Waals surface area contributed by atoms with Gasteiger partial charge in [0.2, 0.25) is 0 Å². The van der Waals surface area contributed by atoms with Crippen LogP contribution in [0.5, 0.6) is 0 Å². The van der Waals surface area contributed by atoms with E-state index >= 15 is 0 Å². The summed E-state index contributed by atoms with van der Waals surface area (Å²) in [4.78, 5) is 2.05. The summed E-state index contributed by atoms with van der Waals surface area (Å²) in [6.45, 7) is 2.03. The quantitative estimate of drug-likeness (QED) is 0.663. The lowest BCUT2D eigenvalue weighted by molar-refractivity contribution is 0.000959. The van der Waals surface area contributed by atoms with Gasteiger partial charge in [-0.2, -0.15) is 0 Å². The molecule has 0 aromatic carbocycles. The van der Waals surface area contributed by atoms with Crippen LogP contribution < -0.4 is 0 Å². The van der Waals surface area contributed by atoms with E-state index in [4.69, 9.17) is 5.11 Å². The van der Waals surface area contributed by atoms with E-state index < -0.39 is 0 Å². The molecule has 1 rings (SSSR count). The van der Waals surface area contributed by atoms with E-state index in [9.17, 15) is 4.39 Å². The predicted molar refractivity (Wildman–Crippen MR) is 40.3 cm³/mol. The molecule has 1 heterocycles. The van der Waals surface area contributed by atoms with Crippen LogP contribution in [0, 0.1) is 0 Å². The minimum Gasteiger partial charge on any atom is -0.390 e. The van der Waals surface area contributed by atoms with Gasteiger partial charge in [0.05, 0.1) is 12.8 Å². The van der Waals surface area contributed by atoms with Crippen LogP contribution in [-0.4, -0.2) is 42.4 Å². The van der Waals surface area contributed by atoms with Crippen molar-refractivity contribution in [1.82, 2.24) is 4.90 Å². The van der Waals surface area contributed by atoms with Crippen molar-refractivity contribution in [2.24, 2.45) is 0 Å². The first-order chi connectivity index (χ1) is 4.33. The monoisotopic (exact) mass is 169 g/mol. The lowest BCUT2D eigenvalue weighted by Gasteiger charge is -2.35. The smallest absolute Gasteiger partial charge is 0.0906 e. The van der Waals surface area contributed by atoms with Crippen LogP contribution in [-0.2, 0) is 0 Å².